The molecule has 23 heavy (non-hydrogen) atoms. The molecular weight excluding hydrogens is 338 g/mol. The molecule has 2 aromatic heterocycles. The molecule has 3 rings (SSSR count). The summed E-state index contributed by atoms with van der Waals surface area (Å²) in [7, 11) is -3.55. The minimum atomic E-state index is -3.55. The topological polar surface area (TPSA) is 96.9 Å². The molecule has 0 atom stereocenters. The molecule has 0 saturated heterocycles. The zero-order valence-electron chi connectivity index (χ0n) is 12.2. The SMILES string of the molecule is O=S(=O)(NCCNc1cc(Cl)nc(C2CC2)n1)c1cccnc1. The molecular formula is C14H16ClN5O2S. The molecule has 9 heteroatoms. The Labute approximate surface area is 139 Å². The van der Waals surface area contributed by atoms with E-state index >= 15 is 0 Å². The lowest BCUT2D eigenvalue weighted by molar-refractivity contribution is 0.582. The molecule has 7 nitrogen and oxygen atoms in total. The Kier molecular flexibility index (Phi) is 4.74. The first kappa shape index (κ1) is 16.1. The minimum absolute atomic E-state index is 0.140. The predicted molar refractivity (Wildman–Crippen MR) is 86.9 cm³/mol. The van der Waals surface area contributed by atoms with Gasteiger partial charge in [0.2, 0.25) is 10.0 Å². The molecule has 122 valence electrons. The van der Waals surface area contributed by atoms with Crippen molar-refractivity contribution in [2.24, 2.45) is 0 Å². The van der Waals surface area contributed by atoms with E-state index in [1.807, 2.05) is 0 Å². The van der Waals surface area contributed by atoms with E-state index in [2.05, 4.69) is 25.0 Å². The smallest absolute Gasteiger partial charge is 0.242 e. The number of rotatable bonds is 7. The monoisotopic (exact) mass is 353 g/mol. The number of aromatic nitrogens is 3. The fourth-order valence-electron chi connectivity index (χ4n) is 2.02. The zero-order chi connectivity index (χ0) is 16.3. The Morgan fingerprint density at radius 2 is 2.09 bits per heavy atom. The lowest BCUT2D eigenvalue weighted by atomic mass is 10.4. The number of nitrogens with zero attached hydrogens (tertiary/aromatic N) is 3. The van der Waals surface area contributed by atoms with Gasteiger partial charge in [0.25, 0.3) is 0 Å². The fourth-order valence-corrected chi connectivity index (χ4v) is 3.20. The van der Waals surface area contributed by atoms with E-state index in [1.165, 1.54) is 18.5 Å². The maximum atomic E-state index is 12.0. The van der Waals surface area contributed by atoms with Gasteiger partial charge >= 0.3 is 0 Å². The summed E-state index contributed by atoms with van der Waals surface area (Å²) in [5.74, 6) is 1.75. The fraction of sp³-hybridized carbons (Fsp3) is 0.357. The van der Waals surface area contributed by atoms with Gasteiger partial charge in [-0.15, -0.1) is 0 Å². The average molecular weight is 354 g/mol. The second-order valence-corrected chi connectivity index (χ2v) is 7.38. The molecule has 0 amide bonds. The third-order valence-electron chi connectivity index (χ3n) is 3.32. The number of sulfonamides is 1. The van der Waals surface area contributed by atoms with E-state index in [1.54, 1.807) is 12.1 Å². The highest BCUT2D eigenvalue weighted by Gasteiger charge is 2.27. The quantitative estimate of drug-likeness (QED) is 0.582. The second kappa shape index (κ2) is 6.77. The van der Waals surface area contributed by atoms with Gasteiger partial charge in [-0.1, -0.05) is 11.6 Å². The van der Waals surface area contributed by atoms with Gasteiger partial charge in [-0.2, -0.15) is 0 Å². The lowest BCUT2D eigenvalue weighted by Gasteiger charge is -2.09. The molecule has 2 heterocycles. The van der Waals surface area contributed by atoms with Gasteiger partial charge in [-0.3, -0.25) is 4.98 Å². The molecule has 2 aromatic rings. The molecule has 2 N–H and O–H groups in total. The lowest BCUT2D eigenvalue weighted by Crippen LogP contribution is -2.29. The van der Waals surface area contributed by atoms with Crippen molar-refractivity contribution in [2.75, 3.05) is 18.4 Å². The van der Waals surface area contributed by atoms with Gasteiger partial charge in [0, 0.05) is 37.5 Å². The molecule has 0 bridgehead atoms. The highest BCUT2D eigenvalue weighted by atomic mass is 35.5. The van der Waals surface area contributed by atoms with Crippen LogP contribution in [-0.2, 0) is 10.0 Å². The van der Waals surface area contributed by atoms with Crippen molar-refractivity contribution < 1.29 is 8.42 Å². The third kappa shape index (κ3) is 4.37. The number of halogens is 1. The van der Waals surface area contributed by atoms with Crippen molar-refractivity contribution >= 4 is 27.4 Å². The van der Waals surface area contributed by atoms with E-state index in [4.69, 9.17) is 11.6 Å². The number of nitrogens with one attached hydrogen (secondary N) is 2. The van der Waals surface area contributed by atoms with Crippen molar-refractivity contribution in [3.05, 3.63) is 41.6 Å². The molecule has 1 saturated carbocycles. The van der Waals surface area contributed by atoms with Gasteiger partial charge in [-0.05, 0) is 25.0 Å². The summed E-state index contributed by atoms with van der Waals surface area (Å²) in [6.45, 7) is 0.606. The zero-order valence-corrected chi connectivity index (χ0v) is 13.8. The maximum Gasteiger partial charge on any atom is 0.242 e. The first-order chi connectivity index (χ1) is 11.0. The summed E-state index contributed by atoms with van der Waals surface area (Å²) in [4.78, 5) is 12.5. The number of hydrogen-bond acceptors (Lipinski definition) is 6. The van der Waals surface area contributed by atoms with Crippen LogP contribution in [-0.4, -0.2) is 36.5 Å². The van der Waals surface area contributed by atoms with Gasteiger partial charge in [0.1, 0.15) is 21.7 Å². The van der Waals surface area contributed by atoms with Gasteiger partial charge in [-0.25, -0.2) is 23.1 Å². The van der Waals surface area contributed by atoms with Crippen LogP contribution in [0, 0.1) is 0 Å². The molecule has 0 spiro atoms. The summed E-state index contributed by atoms with van der Waals surface area (Å²) in [5.41, 5.74) is 0. The molecule has 1 aliphatic rings. The Balaban J connectivity index is 1.54. The van der Waals surface area contributed by atoms with Crippen LogP contribution in [0.2, 0.25) is 5.15 Å². The molecule has 1 fully saturated rings. The van der Waals surface area contributed by atoms with Gasteiger partial charge in [0.15, 0.2) is 0 Å². The van der Waals surface area contributed by atoms with E-state index in [0.717, 1.165) is 18.7 Å². The van der Waals surface area contributed by atoms with Crippen molar-refractivity contribution in [3.8, 4) is 0 Å². The average Bonchev–Trinajstić information content (AvgIpc) is 3.37. The summed E-state index contributed by atoms with van der Waals surface area (Å²) < 4.78 is 26.6. The first-order valence-electron chi connectivity index (χ1n) is 7.23. The maximum absolute atomic E-state index is 12.0. The Bertz CT molecular complexity index is 781. The summed E-state index contributed by atoms with van der Waals surface area (Å²) in [5, 5.41) is 3.44. The van der Waals surface area contributed by atoms with Crippen molar-refractivity contribution in [1.82, 2.24) is 19.7 Å². The highest BCUT2D eigenvalue weighted by Crippen LogP contribution is 2.38. The summed E-state index contributed by atoms with van der Waals surface area (Å²) in [6, 6.07) is 4.70. The largest absolute Gasteiger partial charge is 0.369 e. The van der Waals surface area contributed by atoms with E-state index in [0.29, 0.717) is 23.4 Å². The van der Waals surface area contributed by atoms with Crippen LogP contribution in [0.3, 0.4) is 0 Å². The summed E-state index contributed by atoms with van der Waals surface area (Å²) in [6.07, 6.45) is 5.01. The van der Waals surface area contributed by atoms with Crippen LogP contribution in [0.4, 0.5) is 5.82 Å². The third-order valence-corrected chi connectivity index (χ3v) is 4.96. The normalized spacial score (nSPS) is 14.7. The van der Waals surface area contributed by atoms with Crippen LogP contribution in [0.25, 0.3) is 0 Å². The second-order valence-electron chi connectivity index (χ2n) is 5.22. The molecule has 0 aromatic carbocycles. The summed E-state index contributed by atoms with van der Waals surface area (Å²) >= 11 is 5.98. The van der Waals surface area contributed by atoms with Crippen LogP contribution < -0.4 is 10.0 Å². The van der Waals surface area contributed by atoms with E-state index in [-0.39, 0.29) is 11.4 Å². The van der Waals surface area contributed by atoms with E-state index < -0.39 is 10.0 Å². The number of anilines is 1. The Hall–Kier alpha value is -1.77. The van der Waals surface area contributed by atoms with Crippen molar-refractivity contribution in [3.63, 3.8) is 0 Å². The molecule has 0 aliphatic heterocycles. The minimum Gasteiger partial charge on any atom is -0.369 e. The Morgan fingerprint density at radius 1 is 1.26 bits per heavy atom. The molecule has 0 unspecified atom stereocenters. The van der Waals surface area contributed by atoms with Crippen LogP contribution in [0.1, 0.15) is 24.6 Å². The standard InChI is InChI=1S/C14H16ClN5O2S/c15-12-8-13(20-14(19-12)10-3-4-10)17-6-7-18-23(21,22)11-2-1-5-16-9-11/h1-2,5,8-10,18H,3-4,6-7H2,(H,17,19,20). The highest BCUT2D eigenvalue weighted by molar-refractivity contribution is 7.89. The number of pyridine rings is 1. The van der Waals surface area contributed by atoms with E-state index in [9.17, 15) is 8.42 Å². The molecule has 0 radical (unpaired) electrons. The van der Waals surface area contributed by atoms with Crippen molar-refractivity contribution in [1.29, 1.82) is 0 Å². The van der Waals surface area contributed by atoms with Crippen LogP contribution in [0.15, 0.2) is 35.5 Å². The predicted octanol–water partition coefficient (Wildman–Crippen LogP) is 1.79. The first-order valence-corrected chi connectivity index (χ1v) is 9.09. The number of hydrogen-bond donors (Lipinski definition) is 2. The van der Waals surface area contributed by atoms with Crippen molar-refractivity contribution in [2.45, 2.75) is 23.7 Å². The molecule has 1 aliphatic carbocycles. The van der Waals surface area contributed by atoms with Gasteiger partial charge < -0.3 is 5.32 Å². The Morgan fingerprint density at radius 3 is 2.78 bits per heavy atom. The van der Waals surface area contributed by atoms with Crippen LogP contribution >= 0.6 is 11.6 Å². The van der Waals surface area contributed by atoms with Gasteiger partial charge in [0.05, 0.1) is 0 Å². The van der Waals surface area contributed by atoms with Crippen LogP contribution in [0.5, 0.6) is 0 Å².